The number of carbonyl (C=O) groups is 1. The first-order valence-corrected chi connectivity index (χ1v) is 9.93. The number of piperidine rings is 1. The van der Waals surface area contributed by atoms with Crippen molar-refractivity contribution in [1.29, 1.82) is 0 Å². The average Bonchev–Trinajstić information content (AvgIpc) is 3.25. The molecule has 0 unspecified atom stereocenters. The van der Waals surface area contributed by atoms with Crippen molar-refractivity contribution in [2.45, 2.75) is 31.8 Å². The smallest absolute Gasteiger partial charge is 0.290 e. The van der Waals surface area contributed by atoms with Crippen molar-refractivity contribution in [3.05, 3.63) is 89.1 Å². The second kappa shape index (κ2) is 9.01. The van der Waals surface area contributed by atoms with E-state index in [0.717, 1.165) is 43.7 Å². The fourth-order valence-electron chi connectivity index (χ4n) is 3.69. The van der Waals surface area contributed by atoms with Gasteiger partial charge in [-0.25, -0.2) is 4.39 Å². The highest BCUT2D eigenvalue weighted by atomic mass is 19.1. The summed E-state index contributed by atoms with van der Waals surface area (Å²) in [4.78, 5) is 14.8. The number of hydrogen-bond acceptors (Lipinski definition) is 4. The van der Waals surface area contributed by atoms with Crippen LogP contribution in [0.3, 0.4) is 0 Å². The minimum Gasteiger partial charge on any atom is -0.351 e. The molecule has 1 aliphatic heterocycles. The van der Waals surface area contributed by atoms with Crippen LogP contribution in [0.4, 0.5) is 4.39 Å². The van der Waals surface area contributed by atoms with Crippen molar-refractivity contribution in [1.82, 2.24) is 15.4 Å². The lowest BCUT2D eigenvalue weighted by Gasteiger charge is -2.30. The maximum absolute atomic E-state index is 12.9. The molecule has 150 valence electrons. The number of halogens is 1. The summed E-state index contributed by atoms with van der Waals surface area (Å²) in [7, 11) is 0. The van der Waals surface area contributed by atoms with E-state index in [9.17, 15) is 9.18 Å². The van der Waals surface area contributed by atoms with E-state index in [4.69, 9.17) is 4.52 Å². The Hall–Kier alpha value is -2.99. The van der Waals surface area contributed by atoms with E-state index < -0.39 is 0 Å². The molecule has 4 rings (SSSR count). The minimum atomic E-state index is -0.311. The monoisotopic (exact) mass is 393 g/mol. The van der Waals surface area contributed by atoms with E-state index in [0.29, 0.717) is 12.5 Å². The minimum absolute atomic E-state index is 0.217. The lowest BCUT2D eigenvalue weighted by molar-refractivity contribution is 0.0913. The normalized spacial score (nSPS) is 15.3. The van der Waals surface area contributed by atoms with Crippen LogP contribution < -0.4 is 5.32 Å². The summed E-state index contributed by atoms with van der Waals surface area (Å²) >= 11 is 0. The summed E-state index contributed by atoms with van der Waals surface area (Å²) in [5, 5.41) is 6.91. The molecule has 5 nitrogen and oxygen atoms in total. The van der Waals surface area contributed by atoms with Crippen molar-refractivity contribution in [3.63, 3.8) is 0 Å². The van der Waals surface area contributed by atoms with Crippen LogP contribution >= 0.6 is 0 Å². The molecule has 1 saturated heterocycles. The number of likely N-dealkylation sites (tertiary alicyclic amines) is 1. The molecule has 3 aromatic rings. The van der Waals surface area contributed by atoms with Crippen LogP contribution in [0, 0.1) is 5.82 Å². The van der Waals surface area contributed by atoms with E-state index in [1.165, 1.54) is 17.7 Å². The van der Waals surface area contributed by atoms with Gasteiger partial charge < -0.3 is 9.84 Å². The molecule has 1 amide bonds. The number of nitrogens with zero attached hydrogens (tertiary/aromatic N) is 2. The summed E-state index contributed by atoms with van der Waals surface area (Å²) in [6.45, 7) is 3.27. The van der Waals surface area contributed by atoms with Gasteiger partial charge in [0, 0.05) is 25.1 Å². The summed E-state index contributed by atoms with van der Waals surface area (Å²) < 4.78 is 18.2. The molecular weight excluding hydrogens is 369 g/mol. The Morgan fingerprint density at radius 1 is 1.07 bits per heavy atom. The van der Waals surface area contributed by atoms with Crippen LogP contribution in [-0.2, 0) is 13.1 Å². The van der Waals surface area contributed by atoms with Crippen LogP contribution in [-0.4, -0.2) is 29.1 Å². The third kappa shape index (κ3) is 5.09. The van der Waals surface area contributed by atoms with Crippen LogP contribution in [0.15, 0.2) is 65.2 Å². The highest BCUT2D eigenvalue weighted by Crippen LogP contribution is 2.28. The van der Waals surface area contributed by atoms with Crippen LogP contribution in [0.1, 0.15) is 46.1 Å². The van der Waals surface area contributed by atoms with Crippen molar-refractivity contribution < 1.29 is 13.7 Å². The maximum Gasteiger partial charge on any atom is 0.290 e. The molecule has 0 radical (unpaired) electrons. The molecule has 0 aliphatic carbocycles. The molecule has 1 fully saturated rings. The van der Waals surface area contributed by atoms with E-state index in [1.807, 2.05) is 6.07 Å². The van der Waals surface area contributed by atoms with Gasteiger partial charge in [-0.2, -0.15) is 0 Å². The van der Waals surface area contributed by atoms with E-state index in [-0.39, 0.29) is 17.5 Å². The van der Waals surface area contributed by atoms with Gasteiger partial charge in [-0.3, -0.25) is 9.69 Å². The zero-order valence-electron chi connectivity index (χ0n) is 16.2. The molecule has 2 aromatic carbocycles. The van der Waals surface area contributed by atoms with Gasteiger partial charge in [0.05, 0.1) is 5.69 Å². The molecule has 1 aromatic heterocycles. The standard InChI is InChI=1S/C23H24FN3O2/c24-20-8-6-17(7-9-20)15-25-23(28)22-14-21(26-29-22)19-10-12-27(13-11-19)16-18-4-2-1-3-5-18/h1-9,14,19H,10-13,15-16H2,(H,25,28). The van der Waals surface area contributed by atoms with Crippen molar-refractivity contribution >= 4 is 5.91 Å². The quantitative estimate of drug-likeness (QED) is 0.684. The molecule has 1 aliphatic rings. The summed E-state index contributed by atoms with van der Waals surface area (Å²) in [6.07, 6.45) is 1.99. The second-order valence-electron chi connectivity index (χ2n) is 7.46. The largest absolute Gasteiger partial charge is 0.351 e. The first-order valence-electron chi connectivity index (χ1n) is 9.93. The lowest BCUT2D eigenvalue weighted by atomic mass is 9.93. The lowest BCUT2D eigenvalue weighted by Crippen LogP contribution is -2.32. The van der Waals surface area contributed by atoms with E-state index in [1.54, 1.807) is 18.2 Å². The molecule has 1 N–H and O–H groups in total. The average molecular weight is 393 g/mol. The van der Waals surface area contributed by atoms with Crippen molar-refractivity contribution in [2.75, 3.05) is 13.1 Å². The van der Waals surface area contributed by atoms with Crippen LogP contribution in [0.25, 0.3) is 0 Å². The predicted octanol–water partition coefficient (Wildman–Crippen LogP) is 4.12. The van der Waals surface area contributed by atoms with Gasteiger partial charge in [-0.15, -0.1) is 0 Å². The second-order valence-corrected chi connectivity index (χ2v) is 7.46. The molecule has 29 heavy (non-hydrogen) atoms. The Balaban J connectivity index is 1.27. The van der Waals surface area contributed by atoms with Crippen LogP contribution in [0.5, 0.6) is 0 Å². The first kappa shape index (κ1) is 19.3. The van der Waals surface area contributed by atoms with Gasteiger partial charge in [-0.05, 0) is 49.2 Å². The Morgan fingerprint density at radius 3 is 2.52 bits per heavy atom. The molecule has 0 saturated carbocycles. The SMILES string of the molecule is O=C(NCc1ccc(F)cc1)c1cc(C2CCN(Cc3ccccc3)CC2)no1. The van der Waals surface area contributed by atoms with Gasteiger partial charge in [-0.1, -0.05) is 47.6 Å². The van der Waals surface area contributed by atoms with Crippen molar-refractivity contribution in [2.24, 2.45) is 0 Å². The maximum atomic E-state index is 12.9. The summed E-state index contributed by atoms with van der Waals surface area (Å²) in [5.74, 6) is -0.0809. The fourth-order valence-corrected chi connectivity index (χ4v) is 3.69. The number of benzene rings is 2. The Kier molecular flexibility index (Phi) is 6.00. The third-order valence-electron chi connectivity index (χ3n) is 5.37. The predicted molar refractivity (Wildman–Crippen MR) is 108 cm³/mol. The van der Waals surface area contributed by atoms with E-state index >= 15 is 0 Å². The highest BCUT2D eigenvalue weighted by molar-refractivity contribution is 5.91. The molecule has 0 spiro atoms. The number of nitrogens with one attached hydrogen (secondary N) is 1. The highest BCUT2D eigenvalue weighted by Gasteiger charge is 2.24. The third-order valence-corrected chi connectivity index (χ3v) is 5.37. The van der Waals surface area contributed by atoms with Gasteiger partial charge in [0.15, 0.2) is 0 Å². The summed E-state index contributed by atoms with van der Waals surface area (Å²) in [5.41, 5.74) is 2.99. The molecule has 6 heteroatoms. The zero-order valence-corrected chi connectivity index (χ0v) is 16.2. The number of carbonyl (C=O) groups excluding carboxylic acids is 1. The topological polar surface area (TPSA) is 58.4 Å². The van der Waals surface area contributed by atoms with Crippen molar-refractivity contribution in [3.8, 4) is 0 Å². The Bertz CT molecular complexity index is 932. The number of amides is 1. The van der Waals surface area contributed by atoms with E-state index in [2.05, 4.69) is 39.6 Å². The van der Waals surface area contributed by atoms with Crippen LogP contribution in [0.2, 0.25) is 0 Å². The number of hydrogen-bond donors (Lipinski definition) is 1. The van der Waals surface area contributed by atoms with Gasteiger partial charge in [0.1, 0.15) is 5.82 Å². The van der Waals surface area contributed by atoms with Gasteiger partial charge in [0.2, 0.25) is 5.76 Å². The first-order chi connectivity index (χ1) is 14.2. The Morgan fingerprint density at radius 2 is 1.79 bits per heavy atom. The van der Waals surface area contributed by atoms with Gasteiger partial charge >= 0.3 is 0 Å². The van der Waals surface area contributed by atoms with Gasteiger partial charge in [0.25, 0.3) is 5.91 Å². The molecule has 2 heterocycles. The number of aromatic nitrogens is 1. The molecule has 0 bridgehead atoms. The fraction of sp³-hybridized carbons (Fsp3) is 0.304. The molecular formula is C23H24FN3O2. The zero-order chi connectivity index (χ0) is 20.1. The Labute approximate surface area is 169 Å². The molecule has 0 atom stereocenters. The summed E-state index contributed by atoms with van der Waals surface area (Å²) in [6, 6.07) is 18.3. The number of rotatable bonds is 6.